The quantitative estimate of drug-likeness (QED) is 0.495. The Labute approximate surface area is 195 Å². The van der Waals surface area contributed by atoms with Crippen LogP contribution in [0, 0.1) is 28.1 Å². The van der Waals surface area contributed by atoms with Gasteiger partial charge < -0.3 is 14.6 Å². The summed E-state index contributed by atoms with van der Waals surface area (Å²) in [6, 6.07) is 0. The van der Waals surface area contributed by atoms with Crippen molar-refractivity contribution in [1.82, 2.24) is 4.90 Å². The molecule has 2 unspecified atom stereocenters. The number of rotatable bonds is 5. The van der Waals surface area contributed by atoms with Gasteiger partial charge in [0.2, 0.25) is 5.54 Å². The first kappa shape index (κ1) is 22.9. The molecule has 2 aliphatic heterocycles. The molecule has 4 saturated carbocycles. The first-order valence-corrected chi connectivity index (χ1v) is 12.4. The molecule has 7 heteroatoms. The van der Waals surface area contributed by atoms with E-state index in [1.807, 2.05) is 20.8 Å². The molecule has 0 aromatic carbocycles. The first-order valence-electron chi connectivity index (χ1n) is 12.4. The Kier molecular flexibility index (Phi) is 4.90. The van der Waals surface area contributed by atoms with Gasteiger partial charge in [-0.15, -0.1) is 0 Å². The molecule has 6 aliphatic rings. The second-order valence-corrected chi connectivity index (χ2v) is 12.9. The average Bonchev–Trinajstić information content (AvgIpc) is 3.16. The number of Topliss-reactive ketones (excluding diaryl/α,β-unsaturated/α-hetero) is 1. The van der Waals surface area contributed by atoms with Gasteiger partial charge >= 0.3 is 5.97 Å². The second-order valence-electron chi connectivity index (χ2n) is 12.9. The summed E-state index contributed by atoms with van der Waals surface area (Å²) >= 11 is 0. The molecule has 4 bridgehead atoms. The third-order valence-corrected chi connectivity index (χ3v) is 8.80. The van der Waals surface area contributed by atoms with E-state index in [-0.39, 0.29) is 41.8 Å². The predicted octanol–water partition coefficient (Wildman–Crippen LogP) is 3.91. The number of nitrogens with zero attached hydrogens (tertiary/aromatic N) is 1. The molecule has 0 aromatic rings. The van der Waals surface area contributed by atoms with Crippen LogP contribution in [0.2, 0.25) is 0 Å². The van der Waals surface area contributed by atoms with Crippen LogP contribution in [0.25, 0.3) is 0 Å². The number of carbonyl (C=O) groups excluding carboxylic acids is 3. The van der Waals surface area contributed by atoms with E-state index in [1.54, 1.807) is 6.92 Å². The zero-order chi connectivity index (χ0) is 24.0. The number of fused-ring (bicyclic) bond motifs is 1. The van der Waals surface area contributed by atoms with Crippen LogP contribution in [0.5, 0.6) is 0 Å². The van der Waals surface area contributed by atoms with Gasteiger partial charge in [0.05, 0.1) is 13.2 Å². The summed E-state index contributed by atoms with van der Waals surface area (Å²) < 4.78 is 11.1. The minimum atomic E-state index is -1.77. The van der Waals surface area contributed by atoms with Crippen molar-refractivity contribution in [3.8, 4) is 0 Å². The van der Waals surface area contributed by atoms with Crippen LogP contribution >= 0.6 is 0 Å². The molecule has 1 N–H and O–H groups in total. The minimum absolute atomic E-state index is 0.101. The molecular formula is C26H37NO6. The van der Waals surface area contributed by atoms with Crippen molar-refractivity contribution < 1.29 is 29.0 Å². The van der Waals surface area contributed by atoms with Crippen LogP contribution in [0.3, 0.4) is 0 Å². The van der Waals surface area contributed by atoms with Gasteiger partial charge in [-0.25, -0.2) is 4.79 Å². The van der Waals surface area contributed by atoms with E-state index in [4.69, 9.17) is 9.47 Å². The molecular weight excluding hydrogens is 422 g/mol. The molecule has 33 heavy (non-hydrogen) atoms. The van der Waals surface area contributed by atoms with E-state index in [9.17, 15) is 19.5 Å². The number of esters is 1. The van der Waals surface area contributed by atoms with Crippen LogP contribution < -0.4 is 0 Å². The number of hydrogen-bond donors (Lipinski definition) is 1. The molecule has 1 saturated heterocycles. The molecule has 4 atom stereocenters. The van der Waals surface area contributed by atoms with Crippen molar-refractivity contribution in [3.05, 3.63) is 11.3 Å². The third-order valence-electron chi connectivity index (χ3n) is 8.80. The SMILES string of the molecule is CCOC(=O)[C@]12CO[C@H](C(C)(C)C)N1C(=O)C(C(=O)CC13CC4CC(CC(C)(C4)C1)C3)=C2O. The van der Waals surface area contributed by atoms with E-state index in [2.05, 4.69) is 6.92 Å². The summed E-state index contributed by atoms with van der Waals surface area (Å²) in [5.41, 5.74) is -2.35. The lowest BCUT2D eigenvalue weighted by Gasteiger charge is -2.61. The smallest absolute Gasteiger partial charge is 0.342 e. The number of carbonyl (C=O) groups is 3. The monoisotopic (exact) mass is 459 g/mol. The van der Waals surface area contributed by atoms with Gasteiger partial charge in [0.1, 0.15) is 17.6 Å². The molecule has 0 spiro atoms. The van der Waals surface area contributed by atoms with E-state index < -0.39 is 34.8 Å². The maximum Gasteiger partial charge on any atom is 0.342 e. The highest BCUT2D eigenvalue weighted by Gasteiger charge is 2.68. The number of hydrogen-bond acceptors (Lipinski definition) is 6. The second kappa shape index (κ2) is 7.06. The molecule has 182 valence electrons. The van der Waals surface area contributed by atoms with E-state index in [1.165, 1.54) is 24.2 Å². The van der Waals surface area contributed by atoms with Crippen LogP contribution in [0.15, 0.2) is 11.3 Å². The molecule has 6 rings (SSSR count). The van der Waals surface area contributed by atoms with E-state index in [0.717, 1.165) is 19.3 Å². The van der Waals surface area contributed by atoms with Crippen molar-refractivity contribution in [1.29, 1.82) is 0 Å². The van der Waals surface area contributed by atoms with Crippen molar-refractivity contribution in [3.63, 3.8) is 0 Å². The fraction of sp³-hybridized carbons (Fsp3) is 0.808. The van der Waals surface area contributed by atoms with Gasteiger partial charge in [-0.3, -0.25) is 14.5 Å². The van der Waals surface area contributed by atoms with Crippen LogP contribution in [-0.2, 0) is 23.9 Å². The summed E-state index contributed by atoms with van der Waals surface area (Å²) in [4.78, 5) is 41.7. The normalized spacial score (nSPS) is 41.7. The fourth-order valence-electron chi connectivity index (χ4n) is 8.39. The van der Waals surface area contributed by atoms with Gasteiger partial charge in [0.15, 0.2) is 5.78 Å². The largest absolute Gasteiger partial charge is 0.508 e. The lowest BCUT2D eigenvalue weighted by atomic mass is 9.44. The molecule has 4 aliphatic carbocycles. The average molecular weight is 460 g/mol. The molecule has 1 amide bonds. The van der Waals surface area contributed by atoms with Gasteiger partial charge in [-0.2, -0.15) is 0 Å². The highest BCUT2D eigenvalue weighted by Crippen LogP contribution is 2.66. The van der Waals surface area contributed by atoms with Crippen molar-refractivity contribution >= 4 is 17.7 Å². The third kappa shape index (κ3) is 3.21. The summed E-state index contributed by atoms with van der Waals surface area (Å²) in [6.45, 7) is 9.61. The number of ketones is 1. The first-order chi connectivity index (χ1) is 15.3. The van der Waals surface area contributed by atoms with Crippen LogP contribution in [-0.4, -0.2) is 52.6 Å². The van der Waals surface area contributed by atoms with Crippen molar-refractivity contribution in [2.24, 2.45) is 28.1 Å². The van der Waals surface area contributed by atoms with Gasteiger partial charge in [-0.1, -0.05) is 27.7 Å². The lowest BCUT2D eigenvalue weighted by molar-refractivity contribution is -0.160. The number of aliphatic hydroxyl groups excluding tert-OH is 1. The van der Waals surface area contributed by atoms with Gasteiger partial charge in [0.25, 0.3) is 5.91 Å². The molecule has 7 nitrogen and oxygen atoms in total. The number of aliphatic hydroxyl groups is 1. The Morgan fingerprint density at radius 2 is 1.82 bits per heavy atom. The van der Waals surface area contributed by atoms with Crippen LogP contribution in [0.4, 0.5) is 0 Å². The molecule has 0 aromatic heterocycles. The maximum absolute atomic E-state index is 13.7. The summed E-state index contributed by atoms with van der Waals surface area (Å²) in [5, 5.41) is 11.3. The minimum Gasteiger partial charge on any atom is -0.508 e. The Hall–Kier alpha value is -1.89. The lowest BCUT2D eigenvalue weighted by Crippen LogP contribution is -2.57. The Bertz CT molecular complexity index is 931. The number of ether oxygens (including phenoxy) is 2. The van der Waals surface area contributed by atoms with E-state index in [0.29, 0.717) is 11.8 Å². The van der Waals surface area contributed by atoms with Crippen molar-refractivity contribution in [2.45, 2.75) is 91.3 Å². The standard InChI is InChI=1S/C26H37NO6/c1-6-32-22(31)26-14-33-21(23(2,3)4)27(26)20(30)18(19(26)29)17(28)12-25-10-15-7-16(11-25)9-24(5,8-15)13-25/h15-16,21,29H,6-14H2,1-5H3/t15?,16?,21-,24?,25?,26-/m1/s1. The fourth-order valence-corrected chi connectivity index (χ4v) is 8.39. The number of amides is 1. The Balaban J connectivity index is 1.50. The molecule has 0 radical (unpaired) electrons. The molecule has 5 fully saturated rings. The summed E-state index contributed by atoms with van der Waals surface area (Å²) in [6.07, 6.45) is 6.27. The summed E-state index contributed by atoms with van der Waals surface area (Å²) in [7, 11) is 0. The zero-order valence-corrected chi connectivity index (χ0v) is 20.5. The predicted molar refractivity (Wildman–Crippen MR) is 120 cm³/mol. The maximum atomic E-state index is 13.7. The van der Waals surface area contributed by atoms with Crippen molar-refractivity contribution in [2.75, 3.05) is 13.2 Å². The zero-order valence-electron chi connectivity index (χ0n) is 20.5. The highest BCUT2D eigenvalue weighted by molar-refractivity contribution is 6.24. The van der Waals surface area contributed by atoms with E-state index >= 15 is 0 Å². The highest BCUT2D eigenvalue weighted by atomic mass is 16.6. The van der Waals surface area contributed by atoms with Gasteiger partial charge in [-0.05, 0) is 68.1 Å². The summed E-state index contributed by atoms with van der Waals surface area (Å²) in [5.74, 6) is -0.878. The topological polar surface area (TPSA) is 93.1 Å². The Morgan fingerprint density at radius 3 is 2.36 bits per heavy atom. The van der Waals surface area contributed by atoms with Gasteiger partial charge in [0, 0.05) is 11.8 Å². The van der Waals surface area contributed by atoms with Crippen LogP contribution in [0.1, 0.15) is 79.6 Å². The molecule has 2 heterocycles. The Morgan fingerprint density at radius 1 is 1.18 bits per heavy atom.